The summed E-state index contributed by atoms with van der Waals surface area (Å²) in [4.78, 5) is 29.4. The predicted molar refractivity (Wildman–Crippen MR) is 155 cm³/mol. The number of nitrogens with one attached hydrogen (secondary N) is 2. The molecule has 0 spiro atoms. The molecular weight excluding hydrogens is 555 g/mol. The zero-order valence-corrected chi connectivity index (χ0v) is 23.3. The third kappa shape index (κ3) is 5.15. The Bertz CT molecular complexity index is 1460. The molecule has 3 saturated heterocycles. The van der Waals surface area contributed by atoms with Crippen LogP contribution in [-0.4, -0.2) is 54.9 Å². The van der Waals surface area contributed by atoms with Gasteiger partial charge in [0.05, 0.1) is 65.6 Å². The van der Waals surface area contributed by atoms with Crippen LogP contribution >= 0.6 is 23.2 Å². The van der Waals surface area contributed by atoms with Crippen molar-refractivity contribution in [3.63, 3.8) is 0 Å². The number of benzene rings is 2. The first-order valence-electron chi connectivity index (χ1n) is 12.9. The number of carbonyl (C=O) groups is 1. The fourth-order valence-corrected chi connectivity index (χ4v) is 5.75. The molecule has 10 nitrogen and oxygen atoms in total. The SMILES string of the molecule is C=CC(=O)Nc1cc(Nc2cc(N3OCC[C@@H]3c3ccc(Cl)c(Cl)c3)ncn2)c(OC)cc1N1C[C@@H]2C[C@H]1CO2. The number of hydrogen-bond donors (Lipinski definition) is 2. The van der Waals surface area contributed by atoms with E-state index in [4.69, 9.17) is 37.5 Å². The largest absolute Gasteiger partial charge is 0.494 e. The van der Waals surface area contributed by atoms with Crippen molar-refractivity contribution in [2.45, 2.75) is 31.0 Å². The smallest absolute Gasteiger partial charge is 0.247 e. The Balaban J connectivity index is 1.30. The average molecular weight is 583 g/mol. The van der Waals surface area contributed by atoms with Crippen molar-refractivity contribution in [1.82, 2.24) is 9.97 Å². The Kier molecular flexibility index (Phi) is 7.41. The second-order valence-corrected chi connectivity index (χ2v) is 10.6. The molecule has 3 fully saturated rings. The number of fused-ring (bicyclic) bond motifs is 2. The van der Waals surface area contributed by atoms with E-state index < -0.39 is 0 Å². The molecule has 6 rings (SSSR count). The summed E-state index contributed by atoms with van der Waals surface area (Å²) in [7, 11) is 1.61. The summed E-state index contributed by atoms with van der Waals surface area (Å²) < 4.78 is 11.5. The lowest BCUT2D eigenvalue weighted by Gasteiger charge is -2.31. The monoisotopic (exact) mass is 582 g/mol. The molecule has 40 heavy (non-hydrogen) atoms. The van der Waals surface area contributed by atoms with Gasteiger partial charge in [0.25, 0.3) is 0 Å². The molecule has 3 aliphatic heterocycles. The summed E-state index contributed by atoms with van der Waals surface area (Å²) in [6.45, 7) is 5.54. The molecule has 0 saturated carbocycles. The van der Waals surface area contributed by atoms with E-state index in [1.165, 1.54) is 12.4 Å². The van der Waals surface area contributed by atoms with Crippen LogP contribution < -0.4 is 25.3 Å². The van der Waals surface area contributed by atoms with Gasteiger partial charge in [-0.15, -0.1) is 0 Å². The summed E-state index contributed by atoms with van der Waals surface area (Å²) in [5.41, 5.74) is 3.10. The summed E-state index contributed by atoms with van der Waals surface area (Å²) >= 11 is 12.4. The minimum Gasteiger partial charge on any atom is -0.494 e. The van der Waals surface area contributed by atoms with Gasteiger partial charge in [-0.05, 0) is 36.3 Å². The van der Waals surface area contributed by atoms with Gasteiger partial charge in [-0.2, -0.15) is 0 Å². The fourth-order valence-electron chi connectivity index (χ4n) is 5.44. The van der Waals surface area contributed by atoms with Crippen LogP contribution in [0.1, 0.15) is 24.4 Å². The molecule has 3 aromatic rings. The summed E-state index contributed by atoms with van der Waals surface area (Å²) in [5.74, 6) is 1.40. The van der Waals surface area contributed by atoms with Crippen LogP contribution in [0.2, 0.25) is 10.0 Å². The average Bonchev–Trinajstić information content (AvgIpc) is 3.73. The quantitative estimate of drug-likeness (QED) is 0.332. The Morgan fingerprint density at radius 2 is 2.05 bits per heavy atom. The third-order valence-corrected chi connectivity index (χ3v) is 8.08. The maximum Gasteiger partial charge on any atom is 0.247 e. The van der Waals surface area contributed by atoms with Crippen molar-refractivity contribution in [3.05, 3.63) is 71.0 Å². The third-order valence-electron chi connectivity index (χ3n) is 7.35. The predicted octanol–water partition coefficient (Wildman–Crippen LogP) is 5.52. The first-order chi connectivity index (χ1) is 19.4. The molecule has 4 heterocycles. The molecular formula is C28H28Cl2N6O4. The van der Waals surface area contributed by atoms with E-state index in [2.05, 4.69) is 32.1 Å². The first kappa shape index (κ1) is 26.6. The molecule has 1 amide bonds. The van der Waals surface area contributed by atoms with Crippen LogP contribution in [0.3, 0.4) is 0 Å². The second kappa shape index (κ2) is 11.1. The maximum absolute atomic E-state index is 12.3. The number of rotatable bonds is 8. The van der Waals surface area contributed by atoms with Gasteiger partial charge in [-0.25, -0.2) is 15.0 Å². The topological polar surface area (TPSA) is 101 Å². The highest BCUT2D eigenvalue weighted by Crippen LogP contribution is 2.43. The van der Waals surface area contributed by atoms with Crippen molar-refractivity contribution in [2.75, 3.05) is 47.5 Å². The molecule has 0 aliphatic carbocycles. The van der Waals surface area contributed by atoms with E-state index >= 15 is 0 Å². The number of hydrogen-bond acceptors (Lipinski definition) is 9. The van der Waals surface area contributed by atoms with Crippen LogP contribution in [0, 0.1) is 0 Å². The zero-order valence-electron chi connectivity index (χ0n) is 21.8. The van der Waals surface area contributed by atoms with Crippen LogP contribution in [0.25, 0.3) is 0 Å². The number of anilines is 5. The number of amides is 1. The lowest BCUT2D eigenvalue weighted by molar-refractivity contribution is -0.111. The first-order valence-corrected chi connectivity index (χ1v) is 13.7. The summed E-state index contributed by atoms with van der Waals surface area (Å²) in [6.07, 6.45) is 4.63. The van der Waals surface area contributed by atoms with Gasteiger partial charge < -0.3 is 25.0 Å². The maximum atomic E-state index is 12.3. The molecule has 0 radical (unpaired) electrons. The lowest BCUT2D eigenvalue weighted by atomic mass is 10.0. The Morgan fingerprint density at radius 3 is 2.77 bits per heavy atom. The van der Waals surface area contributed by atoms with E-state index in [1.54, 1.807) is 24.3 Å². The fraction of sp³-hybridized carbons (Fsp3) is 0.321. The number of hydroxylamine groups is 1. The van der Waals surface area contributed by atoms with E-state index in [1.807, 2.05) is 24.3 Å². The van der Waals surface area contributed by atoms with Crippen LogP contribution in [-0.2, 0) is 14.4 Å². The number of methoxy groups -OCH3 is 1. The van der Waals surface area contributed by atoms with Crippen LogP contribution in [0.5, 0.6) is 5.75 Å². The Hall–Kier alpha value is -3.57. The van der Waals surface area contributed by atoms with Gasteiger partial charge in [-0.1, -0.05) is 35.8 Å². The molecule has 2 aromatic carbocycles. The second-order valence-electron chi connectivity index (χ2n) is 9.78. The summed E-state index contributed by atoms with van der Waals surface area (Å²) in [6, 6.07) is 11.3. The van der Waals surface area contributed by atoms with Gasteiger partial charge in [0.15, 0.2) is 5.82 Å². The number of halogens is 2. The molecule has 3 atom stereocenters. The minimum atomic E-state index is -0.304. The number of nitrogens with zero attached hydrogens (tertiary/aromatic N) is 4. The van der Waals surface area contributed by atoms with Crippen molar-refractivity contribution in [3.8, 4) is 5.75 Å². The molecule has 0 unspecified atom stereocenters. The Labute approximate surface area is 241 Å². The molecule has 1 aromatic heterocycles. The highest BCUT2D eigenvalue weighted by molar-refractivity contribution is 6.42. The molecule has 2 bridgehead atoms. The van der Waals surface area contributed by atoms with Crippen LogP contribution in [0.15, 0.2) is 55.4 Å². The van der Waals surface area contributed by atoms with E-state index in [0.29, 0.717) is 52.0 Å². The van der Waals surface area contributed by atoms with Gasteiger partial charge in [0, 0.05) is 25.1 Å². The van der Waals surface area contributed by atoms with Gasteiger partial charge in [0.1, 0.15) is 17.9 Å². The Morgan fingerprint density at radius 1 is 1.18 bits per heavy atom. The van der Waals surface area contributed by atoms with Gasteiger partial charge in [0.2, 0.25) is 5.91 Å². The van der Waals surface area contributed by atoms with Crippen molar-refractivity contribution in [2.24, 2.45) is 0 Å². The minimum absolute atomic E-state index is 0.0909. The normalized spacial score (nSPS) is 21.5. The summed E-state index contributed by atoms with van der Waals surface area (Å²) in [5, 5.41) is 9.01. The van der Waals surface area contributed by atoms with Crippen molar-refractivity contribution >= 4 is 57.8 Å². The number of carbonyl (C=O) groups excluding carboxylic acids is 1. The van der Waals surface area contributed by atoms with E-state index in [0.717, 1.165) is 30.6 Å². The standard InChI is InChI=1S/C28H28Cl2N6O4/c1-3-28(37)34-21-10-22(25(38-2)11-24(21)35-13-18-9-17(35)14-39-18)33-26-12-27(32-15-31-26)36-23(6-7-40-36)16-4-5-19(29)20(30)8-16/h3-5,8,10-12,15,17-18,23H,1,6-7,9,13-14H2,2H3,(H,34,37)(H,31,32,33)/t17-,18-,23+/m0/s1. The van der Waals surface area contributed by atoms with E-state index in [9.17, 15) is 4.79 Å². The zero-order chi connectivity index (χ0) is 27.8. The molecule has 208 valence electrons. The highest BCUT2D eigenvalue weighted by atomic mass is 35.5. The lowest BCUT2D eigenvalue weighted by Crippen LogP contribution is -2.37. The van der Waals surface area contributed by atoms with Crippen LogP contribution in [0.4, 0.5) is 28.7 Å². The number of aromatic nitrogens is 2. The highest BCUT2D eigenvalue weighted by Gasteiger charge is 2.40. The molecule has 3 aliphatic rings. The number of morpholine rings is 1. The van der Waals surface area contributed by atoms with E-state index in [-0.39, 0.29) is 24.1 Å². The van der Waals surface area contributed by atoms with Crippen molar-refractivity contribution in [1.29, 1.82) is 0 Å². The molecule has 12 heteroatoms. The molecule has 2 N–H and O–H groups in total. The van der Waals surface area contributed by atoms with Gasteiger partial charge >= 0.3 is 0 Å². The van der Waals surface area contributed by atoms with Crippen molar-refractivity contribution < 1.29 is 19.1 Å². The number of ether oxygens (including phenoxy) is 2. The van der Waals surface area contributed by atoms with Gasteiger partial charge in [-0.3, -0.25) is 9.63 Å².